The zero-order valence-electron chi connectivity index (χ0n) is 50.4. The normalized spacial score (nSPS) is 51.0. The Morgan fingerprint density at radius 1 is 0.655 bits per heavy atom. The molecule has 5 saturated heterocycles. The molecule has 0 spiro atoms. The molecule has 33 atom stereocenters. The number of hydrogen-bond donors (Lipinski definition) is 15. The van der Waals surface area contributed by atoms with E-state index in [0.29, 0.717) is 32.1 Å². The Bertz CT molecular complexity index is 2510. The lowest BCUT2D eigenvalue weighted by Crippen LogP contribution is -2.70. The Kier molecular flexibility index (Phi) is 21.0. The molecule has 87 heavy (non-hydrogen) atoms. The van der Waals surface area contributed by atoms with Gasteiger partial charge in [0.25, 0.3) is 0 Å². The summed E-state index contributed by atoms with van der Waals surface area (Å²) < 4.78 is 100. The van der Waals surface area contributed by atoms with Crippen LogP contribution in [0.25, 0.3) is 0 Å². The van der Waals surface area contributed by atoms with Gasteiger partial charge in [-0.05, 0) is 120 Å². The molecule has 30 heteroatoms. The van der Waals surface area contributed by atoms with Gasteiger partial charge in [-0.1, -0.05) is 39.3 Å². The highest BCUT2D eigenvalue weighted by molar-refractivity contribution is 7.80. The predicted molar refractivity (Wildman–Crippen MR) is 291 cm³/mol. The third-order valence-electron chi connectivity index (χ3n) is 20.8. The van der Waals surface area contributed by atoms with E-state index < -0.39 is 205 Å². The molecule has 0 aromatic heterocycles. The third kappa shape index (κ3) is 13.6. The molecular weight excluding hydrogens is 1180 g/mol. The van der Waals surface area contributed by atoms with Gasteiger partial charge in [0.1, 0.15) is 103 Å². The Morgan fingerprint density at radius 2 is 1.21 bits per heavy atom. The summed E-state index contributed by atoms with van der Waals surface area (Å²) >= 11 is 0. The lowest BCUT2D eigenvalue weighted by Gasteiger charge is -2.60. The first-order chi connectivity index (χ1) is 40.4. The molecule has 0 amide bonds. The van der Waals surface area contributed by atoms with Crippen molar-refractivity contribution in [3.05, 3.63) is 11.6 Å². The monoisotopic (exact) mass is 1270 g/mol. The number of allylic oxidation sites excluding steroid dienone is 2. The first-order valence-corrected chi connectivity index (χ1v) is 31.8. The standard InChI is InChI=1S/C57H94O29S/c1-21(2)16-26(59)19-56(9,70)34-11-10-29-28-18-32(31-17-27(86-87(73,74)75)12-14-54(31,7)30(28)13-15-55(29,34)8)80-51-44(69)48(57(71,72)25(6)79-51)85-52-47(84-50-42(67)39(64)36(61)23(4)77-50)43(68)45(24(5)78-52)82-53-46(40(65)37(62)33(20-58)81-53)83-49-41(66)38(63)35(60)22(3)76-49/h13,21-25,27-29,31-53,58,60-72H,10-12,14-20H2,1-9H3,(H,73,74,75). The van der Waals surface area contributed by atoms with Crippen molar-refractivity contribution in [2.75, 3.05) is 6.61 Å². The fraction of sp³-hybridized carbons (Fsp3) is 0.947. The van der Waals surface area contributed by atoms with Crippen LogP contribution < -0.4 is 0 Å². The number of fused-ring (bicyclic) bond motifs is 5. The maximum Gasteiger partial charge on any atom is 0.397 e. The van der Waals surface area contributed by atoms with E-state index in [2.05, 4.69) is 13.0 Å². The SMILES string of the molecule is CC(C)CC(=O)CC(C)(O)C1CCC2C3CC(OC4OC(C)C(O)(O)C(OC5OC(C)C(OC6OC(CO)C(O)C(O)C6OC6OC(C)C(O)C(O)C6O)C(O)C5OC5OC(C)C(O)C(O)C5O)C4O)C4CC(OS(=O)(=O)O)CCC4(C)C3=CCC21C. The molecule has 5 aliphatic heterocycles. The molecule has 9 rings (SSSR count). The van der Waals surface area contributed by atoms with Crippen molar-refractivity contribution in [3.8, 4) is 0 Å². The van der Waals surface area contributed by atoms with Gasteiger partial charge in [-0.2, -0.15) is 8.42 Å². The summed E-state index contributed by atoms with van der Waals surface area (Å²) in [6.07, 6.45) is -40.1. The van der Waals surface area contributed by atoms with Crippen LogP contribution in [0.2, 0.25) is 0 Å². The van der Waals surface area contributed by atoms with Crippen molar-refractivity contribution in [1.82, 2.24) is 0 Å². The van der Waals surface area contributed by atoms with Crippen molar-refractivity contribution < 1.29 is 141 Å². The van der Waals surface area contributed by atoms with Crippen LogP contribution in [0.3, 0.4) is 0 Å². The number of hydrogen-bond acceptors (Lipinski definition) is 28. The average molecular weight is 1280 g/mol. The number of carbonyl (C=O) groups is 1. The highest BCUT2D eigenvalue weighted by Crippen LogP contribution is 2.67. The summed E-state index contributed by atoms with van der Waals surface area (Å²) in [6.45, 7) is 14.2. The van der Waals surface area contributed by atoms with Crippen LogP contribution in [0.5, 0.6) is 0 Å². The minimum absolute atomic E-state index is 0.0136. The lowest BCUT2D eigenvalue weighted by atomic mass is 9.47. The van der Waals surface area contributed by atoms with Crippen LogP contribution in [0, 0.1) is 40.4 Å². The second-order valence-corrected chi connectivity index (χ2v) is 28.3. The van der Waals surface area contributed by atoms with E-state index in [0.717, 1.165) is 5.57 Å². The maximum atomic E-state index is 13.2. The quantitative estimate of drug-likeness (QED) is 0.0370. The second-order valence-electron chi connectivity index (χ2n) is 27.3. The van der Waals surface area contributed by atoms with Gasteiger partial charge in [0.05, 0.1) is 42.7 Å². The van der Waals surface area contributed by atoms with Crippen molar-refractivity contribution in [2.24, 2.45) is 40.4 Å². The molecule has 502 valence electrons. The molecule has 15 N–H and O–H groups in total. The van der Waals surface area contributed by atoms with Gasteiger partial charge in [0.2, 0.25) is 5.79 Å². The van der Waals surface area contributed by atoms with E-state index in [1.165, 1.54) is 27.7 Å². The Labute approximate surface area is 505 Å². The van der Waals surface area contributed by atoms with Crippen molar-refractivity contribution in [3.63, 3.8) is 0 Å². The Hall–Kier alpha value is -1.68. The lowest BCUT2D eigenvalue weighted by molar-refractivity contribution is -0.432. The molecule has 0 aromatic rings. The molecule has 0 bridgehead atoms. The number of ether oxygens (including phenoxy) is 10. The van der Waals surface area contributed by atoms with Crippen LogP contribution in [-0.4, -0.2) is 268 Å². The van der Waals surface area contributed by atoms with Crippen LogP contribution in [0.15, 0.2) is 11.6 Å². The maximum absolute atomic E-state index is 13.2. The van der Waals surface area contributed by atoms with E-state index in [4.69, 9.17) is 51.6 Å². The largest absolute Gasteiger partial charge is 0.397 e. The minimum atomic E-state index is -4.92. The number of rotatable bonds is 18. The van der Waals surface area contributed by atoms with Gasteiger partial charge in [-0.15, -0.1) is 0 Å². The van der Waals surface area contributed by atoms with Crippen LogP contribution >= 0.6 is 0 Å². The number of carbonyl (C=O) groups excluding carboxylic acids is 1. The van der Waals surface area contributed by atoms with Gasteiger partial charge in [0.15, 0.2) is 31.5 Å². The average Bonchev–Trinajstić information content (AvgIpc) is 1.46. The van der Waals surface area contributed by atoms with Gasteiger partial charge in [-0.3, -0.25) is 9.35 Å². The predicted octanol–water partition coefficient (Wildman–Crippen LogP) is -2.97. The topological polar surface area (TPSA) is 456 Å². The Morgan fingerprint density at radius 3 is 1.78 bits per heavy atom. The summed E-state index contributed by atoms with van der Waals surface area (Å²) in [5, 5.41) is 158. The number of Topliss-reactive ketones (excluding diaryl/α,β-unsaturated/α-hetero) is 1. The van der Waals surface area contributed by atoms with Crippen LogP contribution in [0.1, 0.15) is 120 Å². The molecule has 0 radical (unpaired) electrons. The Balaban J connectivity index is 1.01. The van der Waals surface area contributed by atoms with Gasteiger partial charge in [-0.25, -0.2) is 4.18 Å². The summed E-state index contributed by atoms with van der Waals surface area (Å²) in [7, 11) is -4.92. The summed E-state index contributed by atoms with van der Waals surface area (Å²) in [4.78, 5) is 13.2. The van der Waals surface area contributed by atoms with E-state index in [1.54, 1.807) is 6.92 Å². The molecule has 0 aromatic carbocycles. The first kappa shape index (κ1) is 69.7. The molecule has 4 aliphatic carbocycles. The highest BCUT2D eigenvalue weighted by Gasteiger charge is 2.65. The van der Waals surface area contributed by atoms with E-state index >= 15 is 0 Å². The number of aliphatic hydroxyl groups is 14. The molecule has 33 unspecified atom stereocenters. The molecule has 3 saturated carbocycles. The fourth-order valence-corrected chi connectivity index (χ4v) is 16.6. The van der Waals surface area contributed by atoms with E-state index in [9.17, 15) is 89.3 Å². The highest BCUT2D eigenvalue weighted by atomic mass is 32.3. The summed E-state index contributed by atoms with van der Waals surface area (Å²) in [5.41, 5.74) is -1.43. The van der Waals surface area contributed by atoms with Crippen molar-refractivity contribution >= 4 is 16.2 Å². The molecular formula is C57H94O29S. The molecule has 5 heterocycles. The zero-order chi connectivity index (χ0) is 64.1. The minimum Gasteiger partial charge on any atom is -0.394 e. The zero-order valence-corrected chi connectivity index (χ0v) is 51.2. The van der Waals surface area contributed by atoms with Gasteiger partial charge >= 0.3 is 10.4 Å². The molecule has 9 aliphatic rings. The van der Waals surface area contributed by atoms with Crippen molar-refractivity contribution in [2.45, 2.75) is 291 Å². The summed E-state index contributed by atoms with van der Waals surface area (Å²) in [5.74, 6) is -4.19. The van der Waals surface area contributed by atoms with Gasteiger partial charge < -0.3 is 119 Å². The van der Waals surface area contributed by atoms with Crippen molar-refractivity contribution in [1.29, 1.82) is 0 Å². The smallest absolute Gasteiger partial charge is 0.394 e. The first-order valence-electron chi connectivity index (χ1n) is 30.4. The second kappa shape index (κ2) is 26.3. The number of aliphatic hydroxyl groups excluding tert-OH is 11. The molecule has 8 fully saturated rings. The van der Waals surface area contributed by atoms with E-state index in [-0.39, 0.29) is 55.1 Å². The number of ketones is 1. The van der Waals surface area contributed by atoms with Crippen LogP contribution in [0.4, 0.5) is 0 Å². The third-order valence-corrected chi connectivity index (χ3v) is 21.3. The van der Waals surface area contributed by atoms with E-state index in [1.807, 2.05) is 20.8 Å². The van der Waals surface area contributed by atoms with Gasteiger partial charge in [0, 0.05) is 12.8 Å². The summed E-state index contributed by atoms with van der Waals surface area (Å²) in [6, 6.07) is 0. The molecule has 29 nitrogen and oxygen atoms in total. The van der Waals surface area contributed by atoms with Crippen LogP contribution in [-0.2, 0) is 66.7 Å². The fourth-order valence-electron chi connectivity index (χ4n) is 16.1.